The standard InChI is InChI=1S/C33H33N7O/c1-3-10-25(28-13-8-9-16-35-28)30-27(4-2)37-32(38-30)31-26-18-22(14-15-29(26)39-40-31)23-17-24(20-34-19-23)36-33(41)21-11-6-5-7-12-21/h4,8-10,13-21H,2-3,5-7,11-12H2,1H3,(H,36,41)(H,37,38)(H,39,40)/b25-10-. The van der Waals surface area contributed by atoms with Crippen molar-refractivity contribution in [3.05, 3.63) is 90.8 Å². The van der Waals surface area contributed by atoms with E-state index in [-0.39, 0.29) is 11.8 Å². The van der Waals surface area contributed by atoms with E-state index >= 15 is 0 Å². The SMILES string of the molecule is C=Cc1[nH]c(-c2n[nH]c3ccc(-c4cncc(NC(=O)C5CCCCC5)c4)cc23)nc1/C(=C\CC)c1ccccn1. The molecule has 1 amide bonds. The van der Waals surface area contributed by atoms with Crippen molar-refractivity contribution in [2.75, 3.05) is 5.32 Å². The van der Waals surface area contributed by atoms with E-state index in [1.165, 1.54) is 6.42 Å². The molecule has 0 atom stereocenters. The summed E-state index contributed by atoms with van der Waals surface area (Å²) in [5.41, 5.74) is 7.59. The third-order valence-electron chi connectivity index (χ3n) is 7.64. The first-order chi connectivity index (χ1) is 20.1. The second kappa shape index (κ2) is 11.7. The number of carbonyl (C=O) groups is 1. The van der Waals surface area contributed by atoms with Crippen molar-refractivity contribution < 1.29 is 4.79 Å². The van der Waals surface area contributed by atoms with Crippen molar-refractivity contribution >= 4 is 34.1 Å². The number of benzene rings is 1. The van der Waals surface area contributed by atoms with E-state index in [1.807, 2.05) is 42.6 Å². The fraction of sp³-hybridized carbons (Fsp3) is 0.242. The molecular weight excluding hydrogens is 510 g/mol. The summed E-state index contributed by atoms with van der Waals surface area (Å²) in [7, 11) is 0. The number of fused-ring (bicyclic) bond motifs is 1. The van der Waals surface area contributed by atoms with Crippen molar-refractivity contribution in [2.45, 2.75) is 45.4 Å². The smallest absolute Gasteiger partial charge is 0.227 e. The van der Waals surface area contributed by atoms with E-state index in [9.17, 15) is 4.79 Å². The highest BCUT2D eigenvalue weighted by Gasteiger charge is 2.22. The first-order valence-corrected chi connectivity index (χ1v) is 14.2. The molecule has 5 aromatic rings. The highest BCUT2D eigenvalue weighted by atomic mass is 16.1. The summed E-state index contributed by atoms with van der Waals surface area (Å²) < 4.78 is 0. The third kappa shape index (κ3) is 5.45. The van der Waals surface area contributed by atoms with Crippen LogP contribution in [0.1, 0.15) is 62.5 Å². The minimum Gasteiger partial charge on any atom is -0.337 e. The van der Waals surface area contributed by atoms with Crippen molar-refractivity contribution in [1.82, 2.24) is 30.1 Å². The Balaban J connectivity index is 1.33. The van der Waals surface area contributed by atoms with Crippen LogP contribution in [0.25, 0.3) is 45.2 Å². The molecule has 8 nitrogen and oxygen atoms in total. The number of carbonyl (C=O) groups excluding carboxylic acids is 1. The quantitative estimate of drug-likeness (QED) is 0.189. The van der Waals surface area contributed by atoms with Crippen molar-refractivity contribution in [1.29, 1.82) is 0 Å². The topological polar surface area (TPSA) is 112 Å². The lowest BCUT2D eigenvalue weighted by molar-refractivity contribution is -0.120. The maximum atomic E-state index is 12.8. The molecule has 1 fully saturated rings. The van der Waals surface area contributed by atoms with Gasteiger partial charge in [-0.2, -0.15) is 5.10 Å². The number of rotatable bonds is 8. The molecule has 1 aliphatic carbocycles. The minimum absolute atomic E-state index is 0.0845. The van der Waals surface area contributed by atoms with Gasteiger partial charge in [-0.1, -0.05) is 51.0 Å². The fourth-order valence-corrected chi connectivity index (χ4v) is 5.55. The molecule has 1 aliphatic rings. The Bertz CT molecular complexity index is 1730. The van der Waals surface area contributed by atoms with Gasteiger partial charge in [0.25, 0.3) is 0 Å². The van der Waals surface area contributed by atoms with Gasteiger partial charge in [-0.05, 0) is 61.2 Å². The molecule has 3 N–H and O–H groups in total. The number of imidazole rings is 1. The number of pyridine rings is 2. The Morgan fingerprint density at radius 2 is 1.98 bits per heavy atom. The van der Waals surface area contributed by atoms with Gasteiger partial charge in [-0.15, -0.1) is 0 Å². The van der Waals surface area contributed by atoms with Crippen LogP contribution in [-0.2, 0) is 4.79 Å². The van der Waals surface area contributed by atoms with Gasteiger partial charge in [-0.3, -0.25) is 19.9 Å². The number of nitrogens with zero attached hydrogens (tertiary/aromatic N) is 4. The predicted molar refractivity (Wildman–Crippen MR) is 164 cm³/mol. The molecule has 0 aliphatic heterocycles. The molecule has 41 heavy (non-hydrogen) atoms. The summed E-state index contributed by atoms with van der Waals surface area (Å²) in [6.45, 7) is 6.11. The Labute approximate surface area is 239 Å². The monoisotopic (exact) mass is 543 g/mol. The number of aromatic amines is 2. The molecule has 4 aromatic heterocycles. The number of anilines is 1. The third-order valence-corrected chi connectivity index (χ3v) is 7.64. The van der Waals surface area contributed by atoms with Crippen LogP contribution < -0.4 is 5.32 Å². The summed E-state index contributed by atoms with van der Waals surface area (Å²) >= 11 is 0. The van der Waals surface area contributed by atoms with Crippen LogP contribution >= 0.6 is 0 Å². The van der Waals surface area contributed by atoms with Crippen molar-refractivity contribution in [3.8, 4) is 22.6 Å². The highest BCUT2D eigenvalue weighted by molar-refractivity contribution is 5.96. The van der Waals surface area contributed by atoms with E-state index in [4.69, 9.17) is 4.98 Å². The lowest BCUT2D eigenvalue weighted by Gasteiger charge is -2.20. The van der Waals surface area contributed by atoms with Gasteiger partial charge >= 0.3 is 0 Å². The van der Waals surface area contributed by atoms with E-state index in [0.29, 0.717) is 17.2 Å². The molecule has 1 aromatic carbocycles. The Morgan fingerprint density at radius 3 is 2.76 bits per heavy atom. The van der Waals surface area contributed by atoms with Gasteiger partial charge in [0, 0.05) is 34.8 Å². The van der Waals surface area contributed by atoms with Crippen LogP contribution in [0.2, 0.25) is 0 Å². The molecule has 4 heterocycles. The second-order valence-electron chi connectivity index (χ2n) is 10.4. The first kappa shape index (κ1) is 26.4. The van der Waals surface area contributed by atoms with E-state index in [0.717, 1.165) is 76.8 Å². The molecule has 0 unspecified atom stereocenters. The Kier molecular flexibility index (Phi) is 7.54. The average Bonchev–Trinajstić information content (AvgIpc) is 3.64. The maximum absolute atomic E-state index is 12.8. The average molecular weight is 544 g/mol. The minimum atomic E-state index is 0.0845. The highest BCUT2D eigenvalue weighted by Crippen LogP contribution is 2.33. The van der Waals surface area contributed by atoms with Crippen LogP contribution in [-0.4, -0.2) is 36.0 Å². The van der Waals surface area contributed by atoms with Gasteiger partial charge < -0.3 is 10.3 Å². The number of hydrogen-bond donors (Lipinski definition) is 3. The molecule has 0 saturated heterocycles. The Hall–Kier alpha value is -4.85. The predicted octanol–water partition coefficient (Wildman–Crippen LogP) is 7.41. The van der Waals surface area contributed by atoms with Crippen molar-refractivity contribution in [3.63, 3.8) is 0 Å². The molecule has 0 spiro atoms. The van der Waals surface area contributed by atoms with Crippen LogP contribution in [0.4, 0.5) is 5.69 Å². The summed E-state index contributed by atoms with van der Waals surface area (Å²) in [5, 5.41) is 11.8. The van der Waals surface area contributed by atoms with Gasteiger partial charge in [0.05, 0.1) is 34.5 Å². The molecule has 0 radical (unpaired) electrons. The van der Waals surface area contributed by atoms with Crippen molar-refractivity contribution in [2.24, 2.45) is 5.92 Å². The molecule has 206 valence electrons. The number of allylic oxidation sites excluding steroid dienone is 1. The molecule has 6 rings (SSSR count). The van der Waals surface area contributed by atoms with Crippen LogP contribution in [0.5, 0.6) is 0 Å². The maximum Gasteiger partial charge on any atom is 0.227 e. The lowest BCUT2D eigenvalue weighted by Crippen LogP contribution is -2.24. The summed E-state index contributed by atoms with van der Waals surface area (Å²) in [5.74, 6) is 0.814. The van der Waals surface area contributed by atoms with E-state index in [2.05, 4.69) is 56.1 Å². The van der Waals surface area contributed by atoms with Gasteiger partial charge in [0.1, 0.15) is 5.69 Å². The van der Waals surface area contributed by atoms with Crippen LogP contribution in [0.15, 0.2) is 73.7 Å². The fourth-order valence-electron chi connectivity index (χ4n) is 5.55. The zero-order valence-electron chi connectivity index (χ0n) is 23.2. The number of H-pyrrole nitrogens is 2. The van der Waals surface area contributed by atoms with Crippen LogP contribution in [0.3, 0.4) is 0 Å². The molecular formula is C33H33N7O. The summed E-state index contributed by atoms with van der Waals surface area (Å²) in [6, 6.07) is 13.9. The number of nitrogens with one attached hydrogen (secondary N) is 3. The summed E-state index contributed by atoms with van der Waals surface area (Å²) in [6.07, 6.45) is 15.4. The Morgan fingerprint density at radius 1 is 1.10 bits per heavy atom. The van der Waals surface area contributed by atoms with Gasteiger partial charge in [-0.25, -0.2) is 4.98 Å². The number of amides is 1. The van der Waals surface area contributed by atoms with E-state index in [1.54, 1.807) is 18.5 Å². The van der Waals surface area contributed by atoms with Gasteiger partial charge in [0.15, 0.2) is 5.82 Å². The normalized spacial score (nSPS) is 14.3. The lowest BCUT2D eigenvalue weighted by atomic mass is 9.88. The zero-order chi connectivity index (χ0) is 28.2. The zero-order valence-corrected chi connectivity index (χ0v) is 23.2. The molecule has 1 saturated carbocycles. The van der Waals surface area contributed by atoms with E-state index < -0.39 is 0 Å². The second-order valence-corrected chi connectivity index (χ2v) is 10.4. The molecule has 8 heteroatoms. The number of aromatic nitrogens is 6. The number of hydrogen-bond acceptors (Lipinski definition) is 5. The van der Waals surface area contributed by atoms with Crippen LogP contribution in [0, 0.1) is 5.92 Å². The van der Waals surface area contributed by atoms with Gasteiger partial charge in [0.2, 0.25) is 5.91 Å². The first-order valence-electron chi connectivity index (χ1n) is 14.2. The molecule has 0 bridgehead atoms. The largest absolute Gasteiger partial charge is 0.337 e. The summed E-state index contributed by atoms with van der Waals surface area (Å²) in [4.78, 5) is 30.2.